The number of nitrogens with one attached hydrogen (secondary N) is 2. The Labute approximate surface area is 200 Å². The number of halogens is 2. The van der Waals surface area contributed by atoms with Crippen LogP contribution < -0.4 is 0 Å². The van der Waals surface area contributed by atoms with E-state index >= 15 is 0 Å². The molecule has 7 heteroatoms. The molecule has 32 heavy (non-hydrogen) atoms. The number of aromatic amines is 2. The van der Waals surface area contributed by atoms with E-state index < -0.39 is 0 Å². The van der Waals surface area contributed by atoms with Crippen molar-refractivity contribution in [1.29, 1.82) is 0 Å². The lowest BCUT2D eigenvalue weighted by atomic mass is 9.88. The Hall–Kier alpha value is -3.16. The molecule has 2 N–H and O–H groups in total. The summed E-state index contributed by atoms with van der Waals surface area (Å²) < 4.78 is 3.91. The van der Waals surface area contributed by atoms with Gasteiger partial charge in [0, 0.05) is 43.1 Å². The molecule has 5 nitrogen and oxygen atoms in total. The molecule has 0 unspecified atom stereocenters. The summed E-state index contributed by atoms with van der Waals surface area (Å²) in [6.45, 7) is 0. The van der Waals surface area contributed by atoms with Crippen molar-refractivity contribution in [3.8, 4) is 5.69 Å². The van der Waals surface area contributed by atoms with E-state index in [4.69, 9.17) is 0 Å². The van der Waals surface area contributed by atoms with Gasteiger partial charge in [-0.2, -0.15) is 0 Å². The van der Waals surface area contributed by atoms with Gasteiger partial charge in [0.15, 0.2) is 0 Å². The Morgan fingerprint density at radius 2 is 1.34 bits per heavy atom. The molecule has 0 bridgehead atoms. The second-order valence-electron chi connectivity index (χ2n) is 7.72. The molecule has 6 rings (SSSR count). The van der Waals surface area contributed by atoms with Crippen LogP contribution in [0, 0.1) is 0 Å². The molecule has 0 aliphatic carbocycles. The van der Waals surface area contributed by atoms with Crippen LogP contribution in [0.4, 0.5) is 0 Å². The van der Waals surface area contributed by atoms with E-state index in [1.54, 1.807) is 0 Å². The molecule has 3 heterocycles. The predicted molar refractivity (Wildman–Crippen MR) is 134 cm³/mol. The van der Waals surface area contributed by atoms with Crippen LogP contribution in [0.3, 0.4) is 0 Å². The second kappa shape index (κ2) is 7.76. The van der Waals surface area contributed by atoms with E-state index in [0.29, 0.717) is 0 Å². The molecule has 0 spiro atoms. The number of fused-ring (bicyclic) bond motifs is 2. The average molecular weight is 547 g/mol. The number of H-pyrrole nitrogens is 2. The van der Waals surface area contributed by atoms with E-state index in [-0.39, 0.29) is 5.92 Å². The van der Waals surface area contributed by atoms with E-state index in [1.807, 2.05) is 53.3 Å². The predicted octanol–water partition coefficient (Wildman–Crippen LogP) is 6.94. The summed E-state index contributed by atoms with van der Waals surface area (Å²) in [5.74, 6) is -0.0986. The van der Waals surface area contributed by atoms with Gasteiger partial charge < -0.3 is 9.97 Å². The van der Waals surface area contributed by atoms with Crippen LogP contribution in [0.5, 0.6) is 0 Å². The van der Waals surface area contributed by atoms with Crippen LogP contribution in [0.1, 0.15) is 22.7 Å². The molecule has 0 atom stereocenters. The van der Waals surface area contributed by atoms with Crippen molar-refractivity contribution in [1.82, 2.24) is 25.0 Å². The fraction of sp³-hybridized carbons (Fsp3) is 0.0400. The van der Waals surface area contributed by atoms with Gasteiger partial charge in [0.05, 0.1) is 23.5 Å². The summed E-state index contributed by atoms with van der Waals surface area (Å²) >= 11 is 7.26. The monoisotopic (exact) mass is 545 g/mol. The Morgan fingerprint density at radius 3 is 1.94 bits per heavy atom. The summed E-state index contributed by atoms with van der Waals surface area (Å²) in [6.07, 6.45) is 6.19. The number of rotatable bonds is 4. The molecule has 3 aromatic heterocycles. The molecule has 0 fully saturated rings. The maximum absolute atomic E-state index is 4.63. The number of hydrogen-bond acceptors (Lipinski definition) is 2. The number of benzene rings is 3. The van der Waals surface area contributed by atoms with Gasteiger partial charge in [0.1, 0.15) is 0 Å². The van der Waals surface area contributed by atoms with Gasteiger partial charge >= 0.3 is 0 Å². The molecule has 6 aromatic rings. The Morgan fingerprint density at radius 1 is 0.750 bits per heavy atom. The minimum absolute atomic E-state index is 0.0986. The summed E-state index contributed by atoms with van der Waals surface area (Å²) in [4.78, 5) is 6.86. The van der Waals surface area contributed by atoms with Crippen LogP contribution in [0.25, 0.3) is 27.5 Å². The highest BCUT2D eigenvalue weighted by Gasteiger charge is 2.26. The quantitative estimate of drug-likeness (QED) is 0.251. The lowest BCUT2D eigenvalue weighted by Crippen LogP contribution is -2.03. The van der Waals surface area contributed by atoms with Crippen molar-refractivity contribution in [3.63, 3.8) is 0 Å². The molecular formula is C25H17Br2N5. The number of para-hydroxylation sites is 1. The first-order valence-electron chi connectivity index (χ1n) is 10.2. The van der Waals surface area contributed by atoms with E-state index in [9.17, 15) is 0 Å². The highest BCUT2D eigenvalue weighted by Crippen LogP contribution is 2.39. The fourth-order valence-corrected chi connectivity index (χ4v) is 5.03. The highest BCUT2D eigenvalue weighted by atomic mass is 79.9. The maximum atomic E-state index is 4.63. The van der Waals surface area contributed by atoms with Crippen molar-refractivity contribution in [2.75, 3.05) is 0 Å². The van der Waals surface area contributed by atoms with E-state index in [0.717, 1.165) is 53.3 Å². The standard InChI is InChI=1S/C25H17Br2N5/c26-15-6-8-22-18(10-15)20(12-28-22)25(21-13-29-23-9-7-16(27)11-19(21)23)24-14-32(31-30-24)17-4-2-1-3-5-17/h1-14,25,28-29H. The molecule has 0 aliphatic heterocycles. The third kappa shape index (κ3) is 3.29. The van der Waals surface area contributed by atoms with Crippen LogP contribution in [0.15, 0.2) is 94.3 Å². The zero-order valence-electron chi connectivity index (χ0n) is 16.8. The van der Waals surface area contributed by atoms with Gasteiger partial charge in [-0.3, -0.25) is 0 Å². The zero-order chi connectivity index (χ0) is 21.7. The lowest BCUT2D eigenvalue weighted by Gasteiger charge is -2.14. The lowest BCUT2D eigenvalue weighted by molar-refractivity contribution is 0.794. The Balaban J connectivity index is 1.59. The van der Waals surface area contributed by atoms with Crippen LogP contribution in [-0.2, 0) is 0 Å². The summed E-state index contributed by atoms with van der Waals surface area (Å²) in [7, 11) is 0. The van der Waals surface area contributed by atoms with E-state index in [1.165, 1.54) is 0 Å². The first-order chi connectivity index (χ1) is 15.7. The summed E-state index contributed by atoms with van der Waals surface area (Å²) in [6, 6.07) is 22.6. The molecule has 0 radical (unpaired) electrons. The van der Waals surface area contributed by atoms with Gasteiger partial charge in [-0.15, -0.1) is 5.10 Å². The van der Waals surface area contributed by atoms with Crippen molar-refractivity contribution >= 4 is 53.7 Å². The Kier molecular flexibility index (Phi) is 4.73. The molecule has 0 amide bonds. The molecule has 0 saturated heterocycles. The molecule has 3 aromatic carbocycles. The molecular weight excluding hydrogens is 530 g/mol. The number of hydrogen-bond donors (Lipinski definition) is 2. The third-order valence-corrected chi connectivity index (χ3v) is 6.79. The molecule has 0 aliphatic rings. The van der Waals surface area contributed by atoms with Crippen LogP contribution >= 0.6 is 31.9 Å². The Bertz CT molecular complexity index is 1480. The number of aromatic nitrogens is 5. The normalized spacial score (nSPS) is 11.7. The van der Waals surface area contributed by atoms with Gasteiger partial charge in [0.2, 0.25) is 0 Å². The first kappa shape index (κ1) is 19.5. The van der Waals surface area contributed by atoms with Crippen molar-refractivity contribution in [2.45, 2.75) is 5.92 Å². The van der Waals surface area contributed by atoms with Crippen LogP contribution in [0.2, 0.25) is 0 Å². The molecule has 0 saturated carbocycles. The minimum Gasteiger partial charge on any atom is -0.361 e. The summed E-state index contributed by atoms with van der Waals surface area (Å²) in [5.41, 5.74) is 6.35. The van der Waals surface area contributed by atoms with Gasteiger partial charge in [0.25, 0.3) is 0 Å². The minimum atomic E-state index is -0.0986. The average Bonchev–Trinajstić information content (AvgIpc) is 3.55. The SMILES string of the molecule is Brc1ccc2[nH]cc(C(c3cn(-c4ccccc4)nn3)c3c[nH]c4ccc(Br)cc34)c2c1. The maximum Gasteiger partial charge on any atom is 0.0952 e. The van der Waals surface area contributed by atoms with Gasteiger partial charge in [-0.05, 0) is 59.7 Å². The topological polar surface area (TPSA) is 62.3 Å². The third-order valence-electron chi connectivity index (χ3n) is 5.80. The van der Waals surface area contributed by atoms with Crippen LogP contribution in [-0.4, -0.2) is 25.0 Å². The van der Waals surface area contributed by atoms with Gasteiger partial charge in [-0.25, -0.2) is 4.68 Å². The van der Waals surface area contributed by atoms with Crippen molar-refractivity contribution < 1.29 is 0 Å². The van der Waals surface area contributed by atoms with Gasteiger partial charge in [-0.1, -0.05) is 55.3 Å². The largest absolute Gasteiger partial charge is 0.361 e. The second-order valence-corrected chi connectivity index (χ2v) is 9.56. The van der Waals surface area contributed by atoms with Crippen molar-refractivity contribution in [3.05, 3.63) is 111 Å². The zero-order valence-corrected chi connectivity index (χ0v) is 19.9. The van der Waals surface area contributed by atoms with Crippen molar-refractivity contribution in [2.24, 2.45) is 0 Å². The summed E-state index contributed by atoms with van der Waals surface area (Å²) in [5, 5.41) is 11.4. The van der Waals surface area contributed by atoms with E-state index in [2.05, 4.69) is 88.8 Å². The molecule has 156 valence electrons. The highest BCUT2D eigenvalue weighted by molar-refractivity contribution is 9.10. The fourth-order valence-electron chi connectivity index (χ4n) is 4.31. The smallest absolute Gasteiger partial charge is 0.0952 e. The number of nitrogens with zero attached hydrogens (tertiary/aromatic N) is 3. The first-order valence-corrected chi connectivity index (χ1v) is 11.8.